The summed E-state index contributed by atoms with van der Waals surface area (Å²) >= 11 is 0. The third kappa shape index (κ3) is 3.74. The average molecular weight is 277 g/mol. The van der Waals surface area contributed by atoms with Gasteiger partial charge in [0.1, 0.15) is 5.75 Å². The minimum atomic E-state index is 0.204. The van der Waals surface area contributed by atoms with Crippen LogP contribution in [-0.2, 0) is 0 Å². The summed E-state index contributed by atoms with van der Waals surface area (Å²) in [6, 6.07) is 8.66. The lowest BCUT2D eigenvalue weighted by atomic mass is 9.86. The number of ether oxygens (including phenoxy) is 1. The van der Waals surface area contributed by atoms with Gasteiger partial charge in [0.05, 0.1) is 6.61 Å². The van der Waals surface area contributed by atoms with Crippen molar-refractivity contribution in [2.45, 2.75) is 39.7 Å². The molecule has 3 nitrogen and oxygen atoms in total. The van der Waals surface area contributed by atoms with Gasteiger partial charge in [-0.15, -0.1) is 0 Å². The van der Waals surface area contributed by atoms with Crippen molar-refractivity contribution < 1.29 is 9.84 Å². The summed E-state index contributed by atoms with van der Waals surface area (Å²) in [5.74, 6) is 1.48. The van der Waals surface area contributed by atoms with Crippen LogP contribution in [0.25, 0.3) is 0 Å². The molecule has 1 aliphatic rings. The molecule has 0 saturated heterocycles. The lowest BCUT2D eigenvalue weighted by molar-refractivity contribution is 0.171. The van der Waals surface area contributed by atoms with Crippen molar-refractivity contribution in [1.82, 2.24) is 5.32 Å². The standard InChI is InChI=1S/C17H27NO2/c1-13-11-20-15-8-5-4-7-14(15)16(13)18-12-17(2,3)9-6-10-19/h4-5,7-8,13,16,18-19H,6,9-12H2,1-3H3. The monoisotopic (exact) mass is 277 g/mol. The van der Waals surface area contributed by atoms with Crippen LogP contribution in [0.15, 0.2) is 24.3 Å². The molecule has 1 heterocycles. The van der Waals surface area contributed by atoms with Crippen molar-refractivity contribution in [2.24, 2.45) is 11.3 Å². The van der Waals surface area contributed by atoms with E-state index < -0.39 is 0 Å². The Bertz CT molecular complexity index is 431. The molecule has 1 aromatic carbocycles. The van der Waals surface area contributed by atoms with E-state index in [0.717, 1.165) is 31.7 Å². The molecule has 2 atom stereocenters. The Morgan fingerprint density at radius 1 is 1.35 bits per heavy atom. The van der Waals surface area contributed by atoms with E-state index in [1.165, 1.54) is 5.56 Å². The predicted octanol–water partition coefficient (Wildman–Crippen LogP) is 3.14. The smallest absolute Gasteiger partial charge is 0.124 e. The maximum absolute atomic E-state index is 8.98. The molecule has 0 radical (unpaired) electrons. The van der Waals surface area contributed by atoms with Gasteiger partial charge in [0.2, 0.25) is 0 Å². The van der Waals surface area contributed by atoms with E-state index >= 15 is 0 Å². The van der Waals surface area contributed by atoms with Crippen molar-refractivity contribution in [3.8, 4) is 5.75 Å². The molecular formula is C17H27NO2. The van der Waals surface area contributed by atoms with Crippen molar-refractivity contribution in [3.63, 3.8) is 0 Å². The maximum Gasteiger partial charge on any atom is 0.124 e. The Morgan fingerprint density at radius 3 is 2.85 bits per heavy atom. The normalized spacial score (nSPS) is 22.2. The summed E-state index contributed by atoms with van der Waals surface area (Å²) in [4.78, 5) is 0. The van der Waals surface area contributed by atoms with Crippen molar-refractivity contribution in [2.75, 3.05) is 19.8 Å². The number of aliphatic hydroxyl groups is 1. The Balaban J connectivity index is 2.02. The number of aliphatic hydroxyl groups excluding tert-OH is 1. The van der Waals surface area contributed by atoms with Crippen LogP contribution in [0.2, 0.25) is 0 Å². The van der Waals surface area contributed by atoms with E-state index in [0.29, 0.717) is 12.0 Å². The summed E-state index contributed by atoms with van der Waals surface area (Å²) in [6.07, 6.45) is 1.91. The van der Waals surface area contributed by atoms with Gasteiger partial charge in [-0.25, -0.2) is 0 Å². The van der Waals surface area contributed by atoms with Crippen molar-refractivity contribution in [3.05, 3.63) is 29.8 Å². The van der Waals surface area contributed by atoms with Gasteiger partial charge >= 0.3 is 0 Å². The van der Waals surface area contributed by atoms with Gasteiger partial charge in [-0.2, -0.15) is 0 Å². The molecule has 0 aliphatic carbocycles. The molecule has 0 aromatic heterocycles. The number of nitrogens with one attached hydrogen (secondary N) is 1. The summed E-state index contributed by atoms with van der Waals surface area (Å²) in [7, 11) is 0. The van der Waals surface area contributed by atoms with Gasteiger partial charge in [-0.05, 0) is 24.3 Å². The highest BCUT2D eigenvalue weighted by atomic mass is 16.5. The highest BCUT2D eigenvalue weighted by Crippen LogP contribution is 2.35. The third-order valence-electron chi connectivity index (χ3n) is 4.14. The van der Waals surface area contributed by atoms with Crippen LogP contribution in [0.3, 0.4) is 0 Å². The van der Waals surface area contributed by atoms with Crippen LogP contribution >= 0.6 is 0 Å². The summed E-state index contributed by atoms with van der Waals surface area (Å²) in [5.41, 5.74) is 1.47. The molecule has 0 amide bonds. The fraction of sp³-hybridized carbons (Fsp3) is 0.647. The van der Waals surface area contributed by atoms with Crippen LogP contribution in [-0.4, -0.2) is 24.9 Å². The Morgan fingerprint density at radius 2 is 2.10 bits per heavy atom. The molecule has 2 rings (SSSR count). The molecule has 2 unspecified atom stereocenters. The zero-order valence-electron chi connectivity index (χ0n) is 12.9. The number of hydrogen-bond acceptors (Lipinski definition) is 3. The summed E-state index contributed by atoms with van der Waals surface area (Å²) in [6.45, 7) is 8.74. The summed E-state index contributed by atoms with van der Waals surface area (Å²) < 4.78 is 5.79. The molecule has 0 saturated carbocycles. The second-order valence-corrected chi connectivity index (χ2v) is 6.68. The van der Waals surface area contributed by atoms with Gasteiger partial charge in [0.15, 0.2) is 0 Å². The Kier molecular flexibility index (Phi) is 5.06. The third-order valence-corrected chi connectivity index (χ3v) is 4.14. The van der Waals surface area contributed by atoms with Crippen LogP contribution in [0.1, 0.15) is 45.2 Å². The largest absolute Gasteiger partial charge is 0.493 e. The SMILES string of the molecule is CC1COc2ccccc2C1NCC(C)(C)CCCO. The Labute approximate surface area is 122 Å². The fourth-order valence-corrected chi connectivity index (χ4v) is 2.84. The number of para-hydroxylation sites is 1. The highest BCUT2D eigenvalue weighted by Gasteiger charge is 2.29. The highest BCUT2D eigenvalue weighted by molar-refractivity contribution is 5.37. The van der Waals surface area contributed by atoms with Gasteiger partial charge in [0.25, 0.3) is 0 Å². The number of benzene rings is 1. The molecule has 2 N–H and O–H groups in total. The number of fused-ring (bicyclic) bond motifs is 1. The van der Waals surface area contributed by atoms with E-state index in [4.69, 9.17) is 9.84 Å². The molecule has 0 bridgehead atoms. The Hall–Kier alpha value is -1.06. The van der Waals surface area contributed by atoms with Crippen LogP contribution in [0.5, 0.6) is 5.75 Å². The zero-order chi connectivity index (χ0) is 14.6. The lowest BCUT2D eigenvalue weighted by Crippen LogP contribution is -2.39. The van der Waals surface area contributed by atoms with Gasteiger partial charge in [-0.3, -0.25) is 0 Å². The fourth-order valence-electron chi connectivity index (χ4n) is 2.84. The van der Waals surface area contributed by atoms with E-state index in [2.05, 4.69) is 38.2 Å². The van der Waals surface area contributed by atoms with E-state index in [1.54, 1.807) is 0 Å². The molecule has 3 heteroatoms. The molecule has 1 aromatic rings. The minimum absolute atomic E-state index is 0.204. The first-order chi connectivity index (χ1) is 9.53. The predicted molar refractivity (Wildman–Crippen MR) is 81.9 cm³/mol. The molecular weight excluding hydrogens is 250 g/mol. The number of rotatable bonds is 6. The molecule has 20 heavy (non-hydrogen) atoms. The first kappa shape index (κ1) is 15.3. The zero-order valence-corrected chi connectivity index (χ0v) is 12.9. The molecule has 0 fully saturated rings. The van der Waals surface area contributed by atoms with E-state index in [-0.39, 0.29) is 12.0 Å². The first-order valence-corrected chi connectivity index (χ1v) is 7.59. The average Bonchev–Trinajstić information content (AvgIpc) is 2.44. The molecule has 112 valence electrons. The molecule has 1 aliphatic heterocycles. The van der Waals surface area contributed by atoms with Crippen molar-refractivity contribution >= 4 is 0 Å². The van der Waals surface area contributed by atoms with E-state index in [9.17, 15) is 0 Å². The maximum atomic E-state index is 8.98. The second-order valence-electron chi connectivity index (χ2n) is 6.68. The van der Waals surface area contributed by atoms with Crippen LogP contribution in [0, 0.1) is 11.3 Å². The quantitative estimate of drug-likeness (QED) is 0.839. The topological polar surface area (TPSA) is 41.5 Å². The minimum Gasteiger partial charge on any atom is -0.493 e. The molecule has 0 spiro atoms. The lowest BCUT2D eigenvalue weighted by Gasteiger charge is -2.35. The van der Waals surface area contributed by atoms with Crippen LogP contribution in [0.4, 0.5) is 0 Å². The van der Waals surface area contributed by atoms with E-state index in [1.807, 2.05) is 12.1 Å². The van der Waals surface area contributed by atoms with Gasteiger partial charge in [0, 0.05) is 30.7 Å². The van der Waals surface area contributed by atoms with Gasteiger partial charge in [-0.1, -0.05) is 39.0 Å². The van der Waals surface area contributed by atoms with Crippen LogP contribution < -0.4 is 10.1 Å². The second kappa shape index (κ2) is 6.59. The van der Waals surface area contributed by atoms with Crippen molar-refractivity contribution in [1.29, 1.82) is 0 Å². The number of hydrogen-bond donors (Lipinski definition) is 2. The summed E-state index contributed by atoms with van der Waals surface area (Å²) in [5, 5.41) is 12.7. The van der Waals surface area contributed by atoms with Gasteiger partial charge < -0.3 is 15.2 Å². The first-order valence-electron chi connectivity index (χ1n) is 7.59.